The van der Waals surface area contributed by atoms with Crippen molar-refractivity contribution in [1.29, 1.82) is 0 Å². The first-order chi connectivity index (χ1) is 15.3. The van der Waals surface area contributed by atoms with Gasteiger partial charge < -0.3 is 11.1 Å². The molecule has 0 radical (unpaired) electrons. The maximum atomic E-state index is 13.4. The molecule has 3 rings (SSSR count). The highest BCUT2D eigenvalue weighted by Crippen LogP contribution is 2.42. The molecule has 180 valence electrons. The van der Waals surface area contributed by atoms with Gasteiger partial charge in [-0.1, -0.05) is 11.6 Å². The minimum Gasteiger partial charge on any atom is -0.385 e. The van der Waals surface area contributed by atoms with Crippen LogP contribution in [0.2, 0.25) is 5.02 Å². The zero-order valence-electron chi connectivity index (χ0n) is 17.1. The quantitative estimate of drug-likeness (QED) is 0.438. The number of carbonyl (C=O) groups excluding carboxylic acids is 1. The third kappa shape index (κ3) is 5.90. The van der Waals surface area contributed by atoms with Gasteiger partial charge in [0.05, 0.1) is 21.7 Å². The van der Waals surface area contributed by atoms with Crippen molar-refractivity contribution in [1.82, 2.24) is 0 Å². The molecule has 11 heteroatoms. The second kappa shape index (κ2) is 9.40. The fraction of sp³-hybridized carbons (Fsp3) is 0.409. The number of anilines is 1. The SMILES string of the molecule is NC(=O)c1cc(C(F)(F)F)cc(C2CCC(CNc3ccc(F)c(C(F)(F)F)c3)CC2)c1Cl. The monoisotopic (exact) mass is 496 g/mol. The first-order valence-electron chi connectivity index (χ1n) is 10.1. The molecule has 1 aliphatic carbocycles. The minimum atomic E-state index is -4.81. The van der Waals surface area contributed by atoms with Gasteiger partial charge in [0, 0.05) is 12.2 Å². The van der Waals surface area contributed by atoms with E-state index in [-0.39, 0.29) is 33.7 Å². The molecule has 1 aliphatic rings. The number of halogens is 8. The number of nitrogens with one attached hydrogen (secondary N) is 1. The van der Waals surface area contributed by atoms with Gasteiger partial charge in [0.15, 0.2) is 0 Å². The molecule has 0 saturated heterocycles. The number of hydrogen-bond acceptors (Lipinski definition) is 2. The van der Waals surface area contributed by atoms with E-state index in [1.54, 1.807) is 0 Å². The van der Waals surface area contributed by atoms with E-state index in [1.165, 1.54) is 6.07 Å². The Balaban J connectivity index is 1.68. The van der Waals surface area contributed by atoms with E-state index >= 15 is 0 Å². The smallest absolute Gasteiger partial charge is 0.385 e. The zero-order valence-corrected chi connectivity index (χ0v) is 17.8. The maximum Gasteiger partial charge on any atom is 0.419 e. The van der Waals surface area contributed by atoms with E-state index in [0.29, 0.717) is 44.4 Å². The van der Waals surface area contributed by atoms with Crippen LogP contribution in [0.1, 0.15) is 58.6 Å². The van der Waals surface area contributed by atoms with Crippen LogP contribution in [0.25, 0.3) is 0 Å². The Labute approximate surface area is 190 Å². The van der Waals surface area contributed by atoms with Crippen molar-refractivity contribution < 1.29 is 35.5 Å². The van der Waals surface area contributed by atoms with Crippen molar-refractivity contribution in [3.8, 4) is 0 Å². The molecule has 0 heterocycles. The molecule has 0 aromatic heterocycles. The third-order valence-corrected chi connectivity index (χ3v) is 6.27. The van der Waals surface area contributed by atoms with Crippen molar-refractivity contribution in [2.45, 2.75) is 44.0 Å². The topological polar surface area (TPSA) is 55.1 Å². The lowest BCUT2D eigenvalue weighted by molar-refractivity contribution is -0.140. The maximum absolute atomic E-state index is 13.4. The van der Waals surface area contributed by atoms with Crippen LogP contribution in [0.4, 0.5) is 36.4 Å². The summed E-state index contributed by atoms with van der Waals surface area (Å²) in [6.45, 7) is 0.318. The first-order valence-corrected chi connectivity index (χ1v) is 10.5. The molecule has 0 aliphatic heterocycles. The molecule has 33 heavy (non-hydrogen) atoms. The van der Waals surface area contributed by atoms with Gasteiger partial charge >= 0.3 is 12.4 Å². The van der Waals surface area contributed by atoms with Gasteiger partial charge in [-0.15, -0.1) is 0 Å². The highest BCUT2D eigenvalue weighted by atomic mass is 35.5. The summed E-state index contributed by atoms with van der Waals surface area (Å²) in [4.78, 5) is 11.6. The van der Waals surface area contributed by atoms with Gasteiger partial charge in [-0.25, -0.2) is 4.39 Å². The van der Waals surface area contributed by atoms with Gasteiger partial charge in [-0.3, -0.25) is 4.79 Å². The number of rotatable bonds is 5. The van der Waals surface area contributed by atoms with E-state index in [1.807, 2.05) is 0 Å². The Morgan fingerprint density at radius 2 is 1.64 bits per heavy atom. The number of amides is 1. The van der Waals surface area contributed by atoms with Crippen LogP contribution >= 0.6 is 11.6 Å². The standard InChI is InChI=1S/C22H20ClF7N2O/c23-19-15(7-13(21(25,26)27)8-16(19)20(31)33)12-3-1-11(2-4-12)10-32-14-5-6-18(24)17(9-14)22(28,29)30/h5-9,11-12,32H,1-4,10H2,(H2,31,33). The van der Waals surface area contributed by atoms with Gasteiger partial charge in [-0.05, 0) is 73.4 Å². The van der Waals surface area contributed by atoms with Crippen LogP contribution in [-0.2, 0) is 12.4 Å². The molecule has 1 saturated carbocycles. The molecule has 2 aromatic rings. The van der Waals surface area contributed by atoms with E-state index in [2.05, 4.69) is 5.32 Å². The number of primary amides is 1. The van der Waals surface area contributed by atoms with E-state index in [9.17, 15) is 35.5 Å². The van der Waals surface area contributed by atoms with Gasteiger partial charge in [0.1, 0.15) is 5.82 Å². The van der Waals surface area contributed by atoms with Crippen molar-refractivity contribution in [2.24, 2.45) is 11.7 Å². The van der Waals surface area contributed by atoms with E-state index < -0.39 is 35.2 Å². The lowest BCUT2D eigenvalue weighted by atomic mass is 9.78. The number of hydrogen-bond donors (Lipinski definition) is 2. The van der Waals surface area contributed by atoms with Crippen molar-refractivity contribution in [3.63, 3.8) is 0 Å². The van der Waals surface area contributed by atoms with Crippen LogP contribution in [0.5, 0.6) is 0 Å². The summed E-state index contributed by atoms with van der Waals surface area (Å²) in [6, 6.07) is 4.24. The zero-order chi connectivity index (χ0) is 24.6. The summed E-state index contributed by atoms with van der Waals surface area (Å²) >= 11 is 6.20. The second-order valence-electron chi connectivity index (χ2n) is 8.08. The Hall–Kier alpha value is -2.49. The van der Waals surface area contributed by atoms with Crippen LogP contribution < -0.4 is 11.1 Å². The molecule has 3 N–H and O–H groups in total. The summed E-state index contributed by atoms with van der Waals surface area (Å²) in [5.41, 5.74) is 2.78. The fourth-order valence-electron chi connectivity index (χ4n) is 4.08. The average molecular weight is 497 g/mol. The first kappa shape index (κ1) is 25.1. The highest BCUT2D eigenvalue weighted by molar-refractivity contribution is 6.34. The predicted octanol–water partition coefficient (Wildman–Crippen LogP) is 7.00. The molecule has 3 nitrogen and oxygen atoms in total. The average Bonchev–Trinajstić information content (AvgIpc) is 2.72. The summed E-state index contributed by atoms with van der Waals surface area (Å²) in [7, 11) is 0. The lowest BCUT2D eigenvalue weighted by Crippen LogP contribution is -2.22. The third-order valence-electron chi connectivity index (χ3n) is 5.85. The van der Waals surface area contributed by atoms with Gasteiger partial charge in [-0.2, -0.15) is 26.3 Å². The van der Waals surface area contributed by atoms with Gasteiger partial charge in [0.2, 0.25) is 5.91 Å². The number of nitrogens with two attached hydrogens (primary N) is 1. The Morgan fingerprint density at radius 1 is 1.00 bits per heavy atom. The van der Waals surface area contributed by atoms with Crippen molar-refractivity contribution in [3.05, 3.63) is 63.4 Å². The Bertz CT molecular complexity index is 1030. The van der Waals surface area contributed by atoms with Crippen LogP contribution in [0.15, 0.2) is 30.3 Å². The van der Waals surface area contributed by atoms with Crippen molar-refractivity contribution >= 4 is 23.2 Å². The van der Waals surface area contributed by atoms with Crippen LogP contribution in [0, 0.1) is 11.7 Å². The second-order valence-corrected chi connectivity index (χ2v) is 8.46. The number of carbonyl (C=O) groups is 1. The predicted molar refractivity (Wildman–Crippen MR) is 110 cm³/mol. The molecule has 0 atom stereocenters. The molecular weight excluding hydrogens is 477 g/mol. The van der Waals surface area contributed by atoms with Crippen molar-refractivity contribution in [2.75, 3.05) is 11.9 Å². The Kier molecular flexibility index (Phi) is 7.16. The molecule has 0 bridgehead atoms. The number of alkyl halides is 6. The molecule has 0 unspecified atom stereocenters. The lowest BCUT2D eigenvalue weighted by Gasteiger charge is -2.30. The van der Waals surface area contributed by atoms with Crippen LogP contribution in [0.3, 0.4) is 0 Å². The summed E-state index contributed by atoms with van der Waals surface area (Å²) in [5, 5.41) is 2.78. The number of benzene rings is 2. The Morgan fingerprint density at radius 3 is 2.18 bits per heavy atom. The highest BCUT2D eigenvalue weighted by Gasteiger charge is 2.35. The van der Waals surface area contributed by atoms with Gasteiger partial charge in [0.25, 0.3) is 0 Å². The summed E-state index contributed by atoms with van der Waals surface area (Å²) in [5.74, 6) is -2.69. The summed E-state index contributed by atoms with van der Waals surface area (Å²) in [6.07, 6.45) is -7.39. The largest absolute Gasteiger partial charge is 0.419 e. The molecule has 2 aromatic carbocycles. The molecule has 1 amide bonds. The van der Waals surface area contributed by atoms with Crippen LogP contribution in [-0.4, -0.2) is 12.5 Å². The summed E-state index contributed by atoms with van der Waals surface area (Å²) < 4.78 is 91.8. The molecule has 1 fully saturated rings. The van der Waals surface area contributed by atoms with E-state index in [4.69, 9.17) is 17.3 Å². The molecule has 0 spiro atoms. The van der Waals surface area contributed by atoms with E-state index in [0.717, 1.165) is 12.1 Å². The minimum absolute atomic E-state index is 0.0424. The fourth-order valence-corrected chi connectivity index (χ4v) is 4.44. The molecular formula is C22H20ClF7N2O. The normalized spacial score (nSPS) is 19.4.